The number of rotatable bonds is 9. The standard InChI is InChI=1S/C18H25N5O2/c1-14-11-16(23(2)3)22-18(21-14)20-10-9-19-17(24)13-25-12-15-7-5-4-6-8-15/h4-8,11H,9-10,12-13H2,1-3H3,(H,19,24)(H,20,21,22). The molecular formula is C18H25N5O2. The van der Waals surface area contributed by atoms with Crippen LogP contribution >= 0.6 is 0 Å². The highest BCUT2D eigenvalue weighted by molar-refractivity contribution is 5.77. The predicted octanol–water partition coefficient (Wildman–Crippen LogP) is 1.60. The maximum Gasteiger partial charge on any atom is 0.246 e. The van der Waals surface area contributed by atoms with E-state index in [-0.39, 0.29) is 12.5 Å². The molecule has 2 N–H and O–H groups in total. The molecule has 0 aliphatic heterocycles. The Hall–Kier alpha value is -2.67. The summed E-state index contributed by atoms with van der Waals surface area (Å²) in [6.07, 6.45) is 0. The van der Waals surface area contributed by atoms with Crippen molar-refractivity contribution in [2.45, 2.75) is 13.5 Å². The van der Waals surface area contributed by atoms with Crippen molar-refractivity contribution in [1.82, 2.24) is 15.3 Å². The van der Waals surface area contributed by atoms with E-state index in [9.17, 15) is 4.79 Å². The molecule has 7 nitrogen and oxygen atoms in total. The Kier molecular flexibility index (Phi) is 7.16. The molecule has 0 aliphatic carbocycles. The highest BCUT2D eigenvalue weighted by Gasteiger charge is 2.04. The van der Waals surface area contributed by atoms with Gasteiger partial charge in [0.05, 0.1) is 6.61 Å². The fraction of sp³-hybridized carbons (Fsp3) is 0.389. The zero-order valence-electron chi connectivity index (χ0n) is 15.0. The Morgan fingerprint density at radius 2 is 1.92 bits per heavy atom. The van der Waals surface area contributed by atoms with Crippen LogP contribution in [0.15, 0.2) is 36.4 Å². The number of carbonyl (C=O) groups is 1. The molecule has 0 bridgehead atoms. The first-order valence-electron chi connectivity index (χ1n) is 8.20. The molecule has 0 spiro atoms. The largest absolute Gasteiger partial charge is 0.367 e. The van der Waals surface area contributed by atoms with Gasteiger partial charge in [0, 0.05) is 38.9 Å². The van der Waals surface area contributed by atoms with Gasteiger partial charge in [0.15, 0.2) is 0 Å². The van der Waals surface area contributed by atoms with Gasteiger partial charge >= 0.3 is 0 Å². The third-order valence-corrected chi connectivity index (χ3v) is 3.37. The van der Waals surface area contributed by atoms with E-state index in [1.165, 1.54) is 0 Å². The summed E-state index contributed by atoms with van der Waals surface area (Å²) in [6, 6.07) is 11.7. The number of nitrogens with zero attached hydrogens (tertiary/aromatic N) is 3. The van der Waals surface area contributed by atoms with Gasteiger partial charge < -0.3 is 20.3 Å². The maximum atomic E-state index is 11.7. The van der Waals surface area contributed by atoms with Gasteiger partial charge in [0.25, 0.3) is 0 Å². The lowest BCUT2D eigenvalue weighted by atomic mass is 10.2. The van der Waals surface area contributed by atoms with Crippen LogP contribution in [-0.4, -0.2) is 49.7 Å². The first-order valence-corrected chi connectivity index (χ1v) is 8.20. The van der Waals surface area contributed by atoms with Gasteiger partial charge in [-0.15, -0.1) is 0 Å². The van der Waals surface area contributed by atoms with Gasteiger partial charge in [0.1, 0.15) is 12.4 Å². The van der Waals surface area contributed by atoms with Gasteiger partial charge in [-0.25, -0.2) is 4.98 Å². The summed E-state index contributed by atoms with van der Waals surface area (Å²) >= 11 is 0. The number of hydrogen-bond acceptors (Lipinski definition) is 6. The van der Waals surface area contributed by atoms with Gasteiger partial charge in [0.2, 0.25) is 11.9 Å². The van der Waals surface area contributed by atoms with E-state index in [1.54, 1.807) is 0 Å². The second-order valence-corrected chi connectivity index (χ2v) is 5.84. The summed E-state index contributed by atoms with van der Waals surface area (Å²) in [6.45, 7) is 3.41. The Balaban J connectivity index is 1.64. The van der Waals surface area contributed by atoms with Crippen molar-refractivity contribution in [2.75, 3.05) is 44.0 Å². The number of benzene rings is 1. The second kappa shape index (κ2) is 9.58. The quantitative estimate of drug-likeness (QED) is 0.673. The van der Waals surface area contributed by atoms with Crippen LogP contribution in [0.2, 0.25) is 0 Å². The van der Waals surface area contributed by atoms with E-state index in [4.69, 9.17) is 4.74 Å². The van der Waals surface area contributed by atoms with Crippen molar-refractivity contribution in [3.8, 4) is 0 Å². The molecule has 0 fully saturated rings. The van der Waals surface area contributed by atoms with E-state index in [0.29, 0.717) is 25.6 Å². The van der Waals surface area contributed by atoms with Gasteiger partial charge in [-0.1, -0.05) is 30.3 Å². The number of hydrogen-bond donors (Lipinski definition) is 2. The number of anilines is 2. The zero-order chi connectivity index (χ0) is 18.1. The Morgan fingerprint density at radius 1 is 1.16 bits per heavy atom. The Labute approximate surface area is 148 Å². The molecule has 1 amide bonds. The molecule has 25 heavy (non-hydrogen) atoms. The Morgan fingerprint density at radius 3 is 2.64 bits per heavy atom. The van der Waals surface area contributed by atoms with Crippen LogP contribution in [0.25, 0.3) is 0 Å². The summed E-state index contributed by atoms with van der Waals surface area (Å²) in [4.78, 5) is 22.4. The fourth-order valence-corrected chi connectivity index (χ4v) is 2.12. The van der Waals surface area contributed by atoms with E-state index >= 15 is 0 Å². The molecule has 1 heterocycles. The number of aryl methyl sites for hydroxylation is 1. The number of ether oxygens (including phenoxy) is 1. The second-order valence-electron chi connectivity index (χ2n) is 5.84. The third-order valence-electron chi connectivity index (χ3n) is 3.37. The first kappa shape index (κ1) is 18.7. The molecule has 2 rings (SSSR count). The minimum atomic E-state index is -0.142. The molecule has 0 saturated heterocycles. The predicted molar refractivity (Wildman–Crippen MR) is 98.7 cm³/mol. The first-order chi connectivity index (χ1) is 12.0. The van der Waals surface area contributed by atoms with Crippen LogP contribution < -0.4 is 15.5 Å². The number of carbonyl (C=O) groups excluding carboxylic acids is 1. The smallest absolute Gasteiger partial charge is 0.246 e. The molecule has 0 saturated carbocycles. The molecule has 0 unspecified atom stereocenters. The topological polar surface area (TPSA) is 79.4 Å². The molecule has 0 atom stereocenters. The molecule has 0 radical (unpaired) electrons. The number of nitrogens with one attached hydrogen (secondary N) is 2. The lowest BCUT2D eigenvalue weighted by molar-refractivity contribution is -0.126. The summed E-state index contributed by atoms with van der Waals surface area (Å²) in [5, 5.41) is 5.91. The lowest BCUT2D eigenvalue weighted by Gasteiger charge is -2.14. The SMILES string of the molecule is Cc1cc(N(C)C)nc(NCCNC(=O)COCc2ccccc2)n1. The molecule has 2 aromatic rings. The summed E-state index contributed by atoms with van der Waals surface area (Å²) in [5.41, 5.74) is 1.94. The van der Waals surface area contributed by atoms with Gasteiger partial charge in [-0.2, -0.15) is 4.98 Å². The minimum absolute atomic E-state index is 0.0423. The normalized spacial score (nSPS) is 10.4. The molecular weight excluding hydrogens is 318 g/mol. The fourth-order valence-electron chi connectivity index (χ4n) is 2.12. The van der Waals surface area contributed by atoms with Crippen molar-refractivity contribution < 1.29 is 9.53 Å². The molecule has 1 aromatic carbocycles. The summed E-state index contributed by atoms with van der Waals surface area (Å²) in [7, 11) is 3.86. The molecule has 134 valence electrons. The van der Waals surface area contributed by atoms with Crippen molar-refractivity contribution in [3.63, 3.8) is 0 Å². The maximum absolute atomic E-state index is 11.7. The average Bonchev–Trinajstić information content (AvgIpc) is 2.59. The van der Waals surface area contributed by atoms with Crippen LogP contribution in [0.1, 0.15) is 11.3 Å². The van der Waals surface area contributed by atoms with E-state index < -0.39 is 0 Å². The van der Waals surface area contributed by atoms with Crippen molar-refractivity contribution >= 4 is 17.7 Å². The van der Waals surface area contributed by atoms with Crippen LogP contribution in [0.4, 0.5) is 11.8 Å². The monoisotopic (exact) mass is 343 g/mol. The lowest BCUT2D eigenvalue weighted by Crippen LogP contribution is -2.32. The van der Waals surface area contributed by atoms with Crippen molar-refractivity contribution in [1.29, 1.82) is 0 Å². The van der Waals surface area contributed by atoms with Gasteiger partial charge in [-0.3, -0.25) is 4.79 Å². The number of amides is 1. The molecule has 0 aliphatic rings. The van der Waals surface area contributed by atoms with E-state index in [1.807, 2.05) is 62.3 Å². The van der Waals surface area contributed by atoms with Crippen LogP contribution in [0.5, 0.6) is 0 Å². The average molecular weight is 343 g/mol. The van der Waals surface area contributed by atoms with Crippen molar-refractivity contribution in [3.05, 3.63) is 47.7 Å². The van der Waals surface area contributed by atoms with E-state index in [2.05, 4.69) is 20.6 Å². The van der Waals surface area contributed by atoms with Crippen molar-refractivity contribution in [2.24, 2.45) is 0 Å². The highest BCUT2D eigenvalue weighted by atomic mass is 16.5. The molecule has 1 aromatic heterocycles. The zero-order valence-corrected chi connectivity index (χ0v) is 15.0. The summed E-state index contributed by atoms with van der Waals surface area (Å²) in [5.74, 6) is 1.25. The number of aromatic nitrogens is 2. The summed E-state index contributed by atoms with van der Waals surface area (Å²) < 4.78 is 5.39. The Bertz CT molecular complexity index is 676. The molecule has 7 heteroatoms. The van der Waals surface area contributed by atoms with Crippen LogP contribution in [0.3, 0.4) is 0 Å². The van der Waals surface area contributed by atoms with E-state index in [0.717, 1.165) is 17.1 Å². The van der Waals surface area contributed by atoms with Crippen LogP contribution in [0, 0.1) is 6.92 Å². The highest BCUT2D eigenvalue weighted by Crippen LogP contribution is 2.11. The van der Waals surface area contributed by atoms with Gasteiger partial charge in [-0.05, 0) is 12.5 Å². The van der Waals surface area contributed by atoms with Crippen LogP contribution in [-0.2, 0) is 16.1 Å². The third kappa shape index (κ3) is 6.76. The minimum Gasteiger partial charge on any atom is -0.367 e.